The quantitative estimate of drug-likeness (QED) is 0.654. The molecule has 0 spiro atoms. The van der Waals surface area contributed by atoms with Crippen LogP contribution in [-0.4, -0.2) is 15.8 Å². The molecule has 0 saturated carbocycles. The summed E-state index contributed by atoms with van der Waals surface area (Å²) in [5, 5.41) is 13.7. The monoisotopic (exact) mass is 369 g/mol. The van der Waals surface area contributed by atoms with Gasteiger partial charge in [-0.2, -0.15) is 0 Å². The van der Waals surface area contributed by atoms with Crippen LogP contribution in [0, 0.1) is 17.0 Å². The smallest absolute Gasteiger partial charge is 0.282 e. The molecule has 1 aromatic carbocycles. The summed E-state index contributed by atoms with van der Waals surface area (Å²) in [5.41, 5.74) is 0.258. The second-order valence-corrected chi connectivity index (χ2v) is 5.43. The van der Waals surface area contributed by atoms with Gasteiger partial charge >= 0.3 is 0 Å². The molecule has 1 N–H and O–H groups in total. The van der Waals surface area contributed by atoms with E-state index in [-0.39, 0.29) is 16.3 Å². The number of amides is 1. The molecule has 1 heterocycles. The highest BCUT2D eigenvalue weighted by molar-refractivity contribution is 9.10. The van der Waals surface area contributed by atoms with E-state index in [0.29, 0.717) is 11.5 Å². The molecule has 0 unspecified atom stereocenters. The maximum Gasteiger partial charge on any atom is 0.282 e. The third-order valence-electron chi connectivity index (χ3n) is 2.66. The lowest BCUT2D eigenvalue weighted by Gasteiger charge is -2.07. The highest BCUT2D eigenvalue weighted by Crippen LogP contribution is 2.24. The van der Waals surface area contributed by atoms with Gasteiger partial charge in [0.05, 0.1) is 10.6 Å². The van der Waals surface area contributed by atoms with Gasteiger partial charge in [0.15, 0.2) is 0 Å². The molecule has 1 amide bonds. The summed E-state index contributed by atoms with van der Waals surface area (Å²) in [6, 6.07) is 7.12. The Balaban J connectivity index is 2.34. The Bertz CT molecular complexity index is 737. The lowest BCUT2D eigenvalue weighted by molar-refractivity contribution is -0.385. The fraction of sp³-hybridized carbons (Fsp3) is 0.0769. The number of carbonyl (C=O) groups excluding carboxylic acids is 1. The Morgan fingerprint density at radius 2 is 2.10 bits per heavy atom. The van der Waals surface area contributed by atoms with Gasteiger partial charge in [0, 0.05) is 15.6 Å². The number of carbonyl (C=O) groups is 1. The third kappa shape index (κ3) is 3.56. The first kappa shape index (κ1) is 15.4. The molecular weight excluding hydrogens is 362 g/mol. The molecule has 0 radical (unpaired) electrons. The van der Waals surface area contributed by atoms with Crippen LogP contribution in [0.3, 0.4) is 0 Å². The van der Waals surface area contributed by atoms with Crippen LogP contribution in [-0.2, 0) is 0 Å². The Labute approximate surface area is 133 Å². The van der Waals surface area contributed by atoms with Gasteiger partial charge in [-0.3, -0.25) is 14.9 Å². The zero-order valence-electron chi connectivity index (χ0n) is 10.8. The summed E-state index contributed by atoms with van der Waals surface area (Å²) >= 11 is 9.09. The largest absolute Gasteiger partial charge is 0.306 e. The minimum atomic E-state index is -0.640. The number of halogens is 2. The first-order valence-electron chi connectivity index (χ1n) is 5.77. The second-order valence-electron chi connectivity index (χ2n) is 4.14. The van der Waals surface area contributed by atoms with E-state index >= 15 is 0 Å². The van der Waals surface area contributed by atoms with Gasteiger partial charge < -0.3 is 5.32 Å². The average molecular weight is 371 g/mol. The Morgan fingerprint density at radius 3 is 2.71 bits per heavy atom. The zero-order valence-corrected chi connectivity index (χ0v) is 13.1. The summed E-state index contributed by atoms with van der Waals surface area (Å²) in [4.78, 5) is 26.6. The summed E-state index contributed by atoms with van der Waals surface area (Å²) in [7, 11) is 0. The molecule has 0 fully saturated rings. The minimum Gasteiger partial charge on any atom is -0.306 e. The summed E-state index contributed by atoms with van der Waals surface area (Å²) in [5.74, 6) is -0.339. The molecule has 0 atom stereocenters. The second kappa shape index (κ2) is 6.19. The van der Waals surface area contributed by atoms with Crippen LogP contribution >= 0.6 is 27.5 Å². The van der Waals surface area contributed by atoms with Gasteiger partial charge in [0.25, 0.3) is 11.6 Å². The molecule has 0 aliphatic carbocycles. The van der Waals surface area contributed by atoms with E-state index in [1.165, 1.54) is 18.2 Å². The predicted octanol–water partition coefficient (Wildman–Crippen LogP) is 3.97. The number of hydrogen-bond donors (Lipinski definition) is 1. The van der Waals surface area contributed by atoms with Crippen molar-refractivity contribution in [2.45, 2.75) is 6.92 Å². The average Bonchev–Trinajstić information content (AvgIpc) is 2.42. The van der Waals surface area contributed by atoms with Gasteiger partial charge in [-0.1, -0.05) is 11.6 Å². The van der Waals surface area contributed by atoms with E-state index in [9.17, 15) is 14.9 Å². The number of aromatic nitrogens is 1. The molecule has 2 rings (SSSR count). The molecule has 0 saturated heterocycles. The standard InChI is InChI=1S/C13H9BrClN3O3/c1-7-10(14)3-5-12(16-7)17-13(19)9-6-8(15)2-4-11(9)18(20)21/h2-6H,1H3,(H,16,17,19). The van der Waals surface area contributed by atoms with Crippen molar-refractivity contribution in [3.63, 3.8) is 0 Å². The maximum atomic E-state index is 12.2. The van der Waals surface area contributed by atoms with Crippen molar-refractivity contribution in [2.24, 2.45) is 0 Å². The molecule has 6 nitrogen and oxygen atoms in total. The van der Waals surface area contributed by atoms with Crippen molar-refractivity contribution >= 4 is 44.9 Å². The fourth-order valence-electron chi connectivity index (χ4n) is 1.65. The van der Waals surface area contributed by atoms with Crippen LogP contribution in [0.1, 0.15) is 16.1 Å². The van der Waals surface area contributed by atoms with Crippen LogP contribution in [0.5, 0.6) is 0 Å². The lowest BCUT2D eigenvalue weighted by atomic mass is 10.1. The number of anilines is 1. The van der Waals surface area contributed by atoms with E-state index in [4.69, 9.17) is 11.6 Å². The summed E-state index contributed by atoms with van der Waals surface area (Å²) in [6.07, 6.45) is 0. The number of benzene rings is 1. The predicted molar refractivity (Wildman–Crippen MR) is 82.7 cm³/mol. The van der Waals surface area contributed by atoms with Gasteiger partial charge in [0.2, 0.25) is 0 Å². The third-order valence-corrected chi connectivity index (χ3v) is 3.74. The summed E-state index contributed by atoms with van der Waals surface area (Å²) < 4.78 is 0.800. The number of rotatable bonds is 3. The number of nitro groups is 1. The molecule has 8 heteroatoms. The van der Waals surface area contributed by atoms with Crippen LogP contribution in [0.25, 0.3) is 0 Å². The van der Waals surface area contributed by atoms with Crippen molar-refractivity contribution in [1.29, 1.82) is 0 Å². The highest BCUT2D eigenvalue weighted by Gasteiger charge is 2.21. The van der Waals surface area contributed by atoms with Crippen LogP contribution < -0.4 is 5.32 Å². The molecule has 2 aromatic rings. The molecule has 108 valence electrons. The van der Waals surface area contributed by atoms with Crippen LogP contribution in [0.15, 0.2) is 34.8 Å². The Kier molecular flexibility index (Phi) is 4.54. The van der Waals surface area contributed by atoms with Crippen molar-refractivity contribution in [2.75, 3.05) is 5.32 Å². The number of hydrogen-bond acceptors (Lipinski definition) is 4. The number of nitro benzene ring substituents is 1. The van der Waals surface area contributed by atoms with Gasteiger partial charge in [0.1, 0.15) is 11.4 Å². The van der Waals surface area contributed by atoms with Crippen molar-refractivity contribution in [3.05, 3.63) is 61.2 Å². The van der Waals surface area contributed by atoms with Crippen LogP contribution in [0.2, 0.25) is 5.02 Å². The Hall–Kier alpha value is -1.99. The normalized spacial score (nSPS) is 10.2. The molecule has 1 aromatic heterocycles. The topological polar surface area (TPSA) is 85.1 Å². The number of nitrogens with zero attached hydrogens (tertiary/aromatic N) is 2. The molecule has 0 bridgehead atoms. The fourth-order valence-corrected chi connectivity index (χ4v) is 2.04. The van der Waals surface area contributed by atoms with Gasteiger partial charge in [-0.05, 0) is 47.1 Å². The molecule has 21 heavy (non-hydrogen) atoms. The maximum absolute atomic E-state index is 12.2. The van der Waals surface area contributed by atoms with Crippen molar-refractivity contribution < 1.29 is 9.72 Å². The number of aryl methyl sites for hydroxylation is 1. The number of pyridine rings is 1. The van der Waals surface area contributed by atoms with Gasteiger partial charge in [-0.15, -0.1) is 0 Å². The molecule has 0 aliphatic rings. The van der Waals surface area contributed by atoms with E-state index in [0.717, 1.165) is 4.47 Å². The lowest BCUT2D eigenvalue weighted by Crippen LogP contribution is -2.15. The molecular formula is C13H9BrClN3O3. The van der Waals surface area contributed by atoms with E-state index in [2.05, 4.69) is 26.2 Å². The zero-order chi connectivity index (χ0) is 15.6. The van der Waals surface area contributed by atoms with Crippen molar-refractivity contribution in [1.82, 2.24) is 4.98 Å². The first-order valence-corrected chi connectivity index (χ1v) is 6.94. The molecule has 0 aliphatic heterocycles. The SMILES string of the molecule is Cc1nc(NC(=O)c2cc(Cl)ccc2[N+](=O)[O-])ccc1Br. The minimum absolute atomic E-state index is 0.116. The number of nitrogens with one attached hydrogen (secondary N) is 1. The van der Waals surface area contributed by atoms with E-state index in [1.807, 2.05) is 0 Å². The van der Waals surface area contributed by atoms with E-state index < -0.39 is 10.8 Å². The van der Waals surface area contributed by atoms with Crippen LogP contribution in [0.4, 0.5) is 11.5 Å². The van der Waals surface area contributed by atoms with Gasteiger partial charge in [-0.25, -0.2) is 4.98 Å². The highest BCUT2D eigenvalue weighted by atomic mass is 79.9. The Morgan fingerprint density at radius 1 is 1.38 bits per heavy atom. The first-order chi connectivity index (χ1) is 9.88. The summed E-state index contributed by atoms with van der Waals surface area (Å²) in [6.45, 7) is 1.77. The van der Waals surface area contributed by atoms with Crippen molar-refractivity contribution in [3.8, 4) is 0 Å². The van der Waals surface area contributed by atoms with E-state index in [1.54, 1.807) is 19.1 Å².